The first-order valence-electron chi connectivity index (χ1n) is 8.50. The van der Waals surface area contributed by atoms with E-state index >= 15 is 0 Å². The van der Waals surface area contributed by atoms with Crippen molar-refractivity contribution >= 4 is 5.96 Å². The quantitative estimate of drug-likeness (QED) is 0.480. The van der Waals surface area contributed by atoms with Crippen LogP contribution in [0.15, 0.2) is 23.2 Å². The summed E-state index contributed by atoms with van der Waals surface area (Å²) >= 11 is 0. The van der Waals surface area contributed by atoms with Crippen molar-refractivity contribution in [1.29, 1.82) is 0 Å². The van der Waals surface area contributed by atoms with Crippen molar-refractivity contribution in [2.24, 2.45) is 10.7 Å². The van der Waals surface area contributed by atoms with Crippen LogP contribution in [0.25, 0.3) is 0 Å². The molecule has 0 aromatic heterocycles. The first-order valence-corrected chi connectivity index (χ1v) is 8.50. The molecule has 0 radical (unpaired) electrons. The molecule has 2 rings (SSSR count). The van der Waals surface area contributed by atoms with Crippen LogP contribution in [-0.4, -0.2) is 32.8 Å². The molecule has 1 fully saturated rings. The molecule has 0 spiro atoms. The number of hydrogen-bond acceptors (Lipinski definition) is 3. The van der Waals surface area contributed by atoms with E-state index in [0.717, 1.165) is 23.5 Å². The molecule has 5 heteroatoms. The van der Waals surface area contributed by atoms with E-state index in [1.807, 2.05) is 18.2 Å². The molecule has 1 saturated carbocycles. The third-order valence-electron chi connectivity index (χ3n) is 4.36. The molecule has 128 valence electrons. The minimum Gasteiger partial charge on any atom is -0.497 e. The summed E-state index contributed by atoms with van der Waals surface area (Å²) in [4.78, 5) is 4.46. The molecule has 3 N–H and O–H groups in total. The van der Waals surface area contributed by atoms with Crippen molar-refractivity contribution in [3.63, 3.8) is 0 Å². The highest BCUT2D eigenvalue weighted by Crippen LogP contribution is 2.24. The van der Waals surface area contributed by atoms with Gasteiger partial charge in [0.25, 0.3) is 0 Å². The third-order valence-corrected chi connectivity index (χ3v) is 4.36. The second-order valence-corrected chi connectivity index (χ2v) is 6.03. The monoisotopic (exact) mass is 319 g/mol. The van der Waals surface area contributed by atoms with Gasteiger partial charge in [0.2, 0.25) is 0 Å². The average molecular weight is 319 g/mol. The summed E-state index contributed by atoms with van der Waals surface area (Å²) < 4.78 is 10.7. The minimum atomic E-state index is 0.479. The van der Waals surface area contributed by atoms with Crippen LogP contribution in [0.4, 0.5) is 0 Å². The number of nitrogens with zero attached hydrogens (tertiary/aromatic N) is 1. The Kier molecular flexibility index (Phi) is 7.04. The van der Waals surface area contributed by atoms with Crippen LogP contribution in [0.5, 0.6) is 11.5 Å². The first-order chi connectivity index (χ1) is 11.2. The Hall–Kier alpha value is -1.91. The number of nitrogens with one attached hydrogen (secondary N) is 1. The van der Waals surface area contributed by atoms with Crippen molar-refractivity contribution in [3.05, 3.63) is 23.8 Å². The Balaban J connectivity index is 1.87. The first kappa shape index (κ1) is 17.4. The Morgan fingerprint density at radius 1 is 1.17 bits per heavy atom. The zero-order valence-corrected chi connectivity index (χ0v) is 14.3. The van der Waals surface area contributed by atoms with Crippen LogP contribution >= 0.6 is 0 Å². The fourth-order valence-corrected chi connectivity index (χ4v) is 3.05. The fourth-order valence-electron chi connectivity index (χ4n) is 3.05. The summed E-state index contributed by atoms with van der Waals surface area (Å²) in [7, 11) is 3.34. The fraction of sp³-hybridized carbons (Fsp3) is 0.611. The Morgan fingerprint density at radius 2 is 1.91 bits per heavy atom. The van der Waals surface area contributed by atoms with E-state index in [1.165, 1.54) is 38.5 Å². The van der Waals surface area contributed by atoms with E-state index in [1.54, 1.807) is 14.2 Å². The number of ether oxygens (including phenoxy) is 2. The summed E-state index contributed by atoms with van der Waals surface area (Å²) in [5.41, 5.74) is 7.11. The lowest BCUT2D eigenvalue weighted by Gasteiger charge is -2.16. The van der Waals surface area contributed by atoms with Crippen molar-refractivity contribution in [3.8, 4) is 11.5 Å². The number of methoxy groups -OCH3 is 2. The molecule has 1 aliphatic carbocycles. The normalized spacial score (nSPS) is 16.7. The van der Waals surface area contributed by atoms with Gasteiger partial charge in [-0.2, -0.15) is 0 Å². The van der Waals surface area contributed by atoms with E-state index in [9.17, 15) is 0 Å². The highest BCUT2D eigenvalue weighted by molar-refractivity contribution is 5.78. The molecule has 1 aromatic carbocycles. The number of hydrogen-bond donors (Lipinski definition) is 2. The lowest BCUT2D eigenvalue weighted by molar-refractivity contribution is 0.399. The van der Waals surface area contributed by atoms with E-state index in [4.69, 9.17) is 15.2 Å². The van der Waals surface area contributed by atoms with E-state index < -0.39 is 0 Å². The summed E-state index contributed by atoms with van der Waals surface area (Å²) in [6.07, 6.45) is 8.40. The summed E-state index contributed by atoms with van der Waals surface area (Å²) in [5.74, 6) is 2.24. The van der Waals surface area contributed by atoms with Gasteiger partial charge in [-0.05, 0) is 43.0 Å². The SMILES string of the molecule is COc1ccc(OC)c(CCN=C(N)NC2CCCCCC2)c1. The maximum atomic E-state index is 6.03. The predicted molar refractivity (Wildman–Crippen MR) is 94.4 cm³/mol. The number of benzene rings is 1. The molecule has 0 atom stereocenters. The number of nitrogens with two attached hydrogens (primary N) is 1. The molecule has 0 saturated heterocycles. The zero-order chi connectivity index (χ0) is 16.5. The molecular weight excluding hydrogens is 290 g/mol. The molecule has 5 nitrogen and oxygen atoms in total. The number of aliphatic imine (C=N–C) groups is 1. The lowest BCUT2D eigenvalue weighted by Crippen LogP contribution is -2.40. The molecule has 0 aliphatic heterocycles. The van der Waals surface area contributed by atoms with Gasteiger partial charge >= 0.3 is 0 Å². The van der Waals surface area contributed by atoms with Crippen molar-refractivity contribution in [1.82, 2.24) is 5.32 Å². The topological polar surface area (TPSA) is 68.9 Å². The Labute approximate surface area is 139 Å². The number of rotatable bonds is 6. The average Bonchev–Trinajstić information content (AvgIpc) is 2.83. The van der Waals surface area contributed by atoms with Crippen LogP contribution < -0.4 is 20.5 Å². The molecule has 0 bridgehead atoms. The second kappa shape index (κ2) is 9.28. The van der Waals surface area contributed by atoms with Gasteiger partial charge in [-0.15, -0.1) is 0 Å². The van der Waals surface area contributed by atoms with Gasteiger partial charge in [0.05, 0.1) is 14.2 Å². The van der Waals surface area contributed by atoms with Crippen molar-refractivity contribution in [2.75, 3.05) is 20.8 Å². The molecular formula is C18H29N3O2. The maximum Gasteiger partial charge on any atom is 0.188 e. The van der Waals surface area contributed by atoms with Gasteiger partial charge in [-0.3, -0.25) is 4.99 Å². The number of guanidine groups is 1. The maximum absolute atomic E-state index is 6.03. The molecule has 0 amide bonds. The van der Waals surface area contributed by atoms with Crippen LogP contribution in [0, 0.1) is 0 Å². The van der Waals surface area contributed by atoms with Crippen molar-refractivity contribution < 1.29 is 9.47 Å². The lowest BCUT2D eigenvalue weighted by atomic mass is 10.1. The van der Waals surface area contributed by atoms with E-state index in [-0.39, 0.29) is 0 Å². The van der Waals surface area contributed by atoms with Crippen LogP contribution in [-0.2, 0) is 6.42 Å². The Morgan fingerprint density at radius 3 is 2.57 bits per heavy atom. The predicted octanol–water partition coefficient (Wildman–Crippen LogP) is 2.87. The molecule has 1 aliphatic rings. The summed E-state index contributed by atoms with van der Waals surface area (Å²) in [6, 6.07) is 6.29. The smallest absolute Gasteiger partial charge is 0.188 e. The second-order valence-electron chi connectivity index (χ2n) is 6.03. The van der Waals surface area contributed by atoms with Crippen LogP contribution in [0.2, 0.25) is 0 Å². The zero-order valence-electron chi connectivity index (χ0n) is 14.3. The molecule has 23 heavy (non-hydrogen) atoms. The molecule has 0 heterocycles. The van der Waals surface area contributed by atoms with Gasteiger partial charge in [0, 0.05) is 12.6 Å². The van der Waals surface area contributed by atoms with Gasteiger partial charge in [0.1, 0.15) is 11.5 Å². The van der Waals surface area contributed by atoms with E-state index in [0.29, 0.717) is 18.5 Å². The highest BCUT2D eigenvalue weighted by atomic mass is 16.5. The van der Waals surface area contributed by atoms with Gasteiger partial charge in [0.15, 0.2) is 5.96 Å². The van der Waals surface area contributed by atoms with E-state index in [2.05, 4.69) is 10.3 Å². The standard InChI is InChI=1S/C18H29N3O2/c1-22-16-9-10-17(23-2)14(13-16)11-12-20-18(19)21-15-7-5-3-4-6-8-15/h9-10,13,15H,3-8,11-12H2,1-2H3,(H3,19,20,21). The summed E-state index contributed by atoms with van der Waals surface area (Å²) in [5, 5.41) is 3.37. The molecule has 0 unspecified atom stereocenters. The summed E-state index contributed by atoms with van der Waals surface area (Å²) in [6.45, 7) is 0.634. The van der Waals surface area contributed by atoms with Crippen LogP contribution in [0.3, 0.4) is 0 Å². The van der Waals surface area contributed by atoms with Gasteiger partial charge < -0.3 is 20.5 Å². The van der Waals surface area contributed by atoms with Crippen molar-refractivity contribution in [2.45, 2.75) is 51.0 Å². The van der Waals surface area contributed by atoms with Gasteiger partial charge in [-0.1, -0.05) is 25.7 Å². The molecule has 1 aromatic rings. The Bertz CT molecular complexity index is 509. The van der Waals surface area contributed by atoms with Crippen LogP contribution in [0.1, 0.15) is 44.1 Å². The largest absolute Gasteiger partial charge is 0.497 e. The third kappa shape index (κ3) is 5.66. The highest BCUT2D eigenvalue weighted by Gasteiger charge is 2.12. The van der Waals surface area contributed by atoms with Gasteiger partial charge in [-0.25, -0.2) is 0 Å². The minimum absolute atomic E-state index is 0.479.